The Kier molecular flexibility index (Phi) is 7.58. The van der Waals surface area contributed by atoms with Gasteiger partial charge >= 0.3 is 11.9 Å². The maximum absolute atomic E-state index is 13.6. The van der Waals surface area contributed by atoms with Crippen molar-refractivity contribution >= 4 is 40.7 Å². The predicted molar refractivity (Wildman–Crippen MR) is 149 cm³/mol. The molecular formula is C29H24N2O6S2. The summed E-state index contributed by atoms with van der Waals surface area (Å²) in [5, 5.41) is 11.1. The molecule has 0 saturated carbocycles. The van der Waals surface area contributed by atoms with Gasteiger partial charge in [-0.05, 0) is 66.8 Å². The van der Waals surface area contributed by atoms with Gasteiger partial charge < -0.3 is 14.6 Å². The number of benzene rings is 2. The fourth-order valence-electron chi connectivity index (χ4n) is 4.28. The van der Waals surface area contributed by atoms with Gasteiger partial charge in [0.05, 0.1) is 28.0 Å². The SMILES string of the molecule is CCOC(=O)C1=C(C)N=c2s/c(=C\c3ccc(OCc4cccc(C(=O)O)c4)cc3)c(=O)n2[C@@H]1c1cccs1. The van der Waals surface area contributed by atoms with E-state index < -0.39 is 18.0 Å². The number of aromatic nitrogens is 1. The van der Waals surface area contributed by atoms with Gasteiger partial charge in [0.15, 0.2) is 4.80 Å². The fourth-order valence-corrected chi connectivity index (χ4v) is 6.15. The number of nitrogens with zero attached hydrogens (tertiary/aromatic N) is 2. The van der Waals surface area contributed by atoms with Crippen molar-refractivity contribution < 1.29 is 24.2 Å². The Morgan fingerprint density at radius 2 is 1.92 bits per heavy atom. The van der Waals surface area contributed by atoms with Crippen LogP contribution < -0.4 is 19.6 Å². The largest absolute Gasteiger partial charge is 0.489 e. The van der Waals surface area contributed by atoms with E-state index in [0.717, 1.165) is 16.0 Å². The summed E-state index contributed by atoms with van der Waals surface area (Å²) >= 11 is 2.74. The third-order valence-electron chi connectivity index (χ3n) is 6.09. The van der Waals surface area contributed by atoms with E-state index in [1.54, 1.807) is 54.8 Å². The van der Waals surface area contributed by atoms with Crippen molar-refractivity contribution in [3.05, 3.63) is 119 Å². The van der Waals surface area contributed by atoms with Crippen LogP contribution in [0.1, 0.15) is 46.3 Å². The van der Waals surface area contributed by atoms with Gasteiger partial charge in [0.25, 0.3) is 5.56 Å². The quantitative estimate of drug-likeness (QED) is 0.325. The molecule has 1 N–H and O–H groups in total. The number of carboxylic acids is 1. The number of carbonyl (C=O) groups excluding carboxylic acids is 1. The van der Waals surface area contributed by atoms with Crippen LogP contribution >= 0.6 is 22.7 Å². The van der Waals surface area contributed by atoms with Gasteiger partial charge in [0.2, 0.25) is 0 Å². The third-order valence-corrected chi connectivity index (χ3v) is 7.99. The molecule has 0 aliphatic carbocycles. The number of ether oxygens (including phenoxy) is 2. The van der Waals surface area contributed by atoms with Crippen LogP contribution in [0.3, 0.4) is 0 Å². The van der Waals surface area contributed by atoms with E-state index in [2.05, 4.69) is 4.99 Å². The predicted octanol–water partition coefficient (Wildman–Crippen LogP) is 4.14. The van der Waals surface area contributed by atoms with Crippen molar-refractivity contribution in [3.63, 3.8) is 0 Å². The molecule has 1 atom stereocenters. The molecule has 0 bridgehead atoms. The molecular weight excluding hydrogens is 536 g/mol. The molecule has 0 saturated heterocycles. The summed E-state index contributed by atoms with van der Waals surface area (Å²) in [6.45, 7) is 3.96. The van der Waals surface area contributed by atoms with Gasteiger partial charge in [0, 0.05) is 4.88 Å². The number of thiophene rings is 1. The van der Waals surface area contributed by atoms with E-state index in [-0.39, 0.29) is 24.3 Å². The zero-order valence-electron chi connectivity index (χ0n) is 21.1. The van der Waals surface area contributed by atoms with Crippen LogP contribution in [0.25, 0.3) is 6.08 Å². The van der Waals surface area contributed by atoms with Crippen molar-refractivity contribution in [2.45, 2.75) is 26.5 Å². The van der Waals surface area contributed by atoms with Crippen molar-refractivity contribution in [1.29, 1.82) is 0 Å². The molecule has 0 radical (unpaired) electrons. The monoisotopic (exact) mass is 560 g/mol. The summed E-state index contributed by atoms with van der Waals surface area (Å²) in [6.07, 6.45) is 1.79. The topological polar surface area (TPSA) is 107 Å². The second kappa shape index (κ2) is 11.2. The van der Waals surface area contributed by atoms with Gasteiger partial charge in [0.1, 0.15) is 18.4 Å². The third kappa shape index (κ3) is 5.47. The number of hydrogen-bond acceptors (Lipinski definition) is 8. The first-order valence-electron chi connectivity index (χ1n) is 12.1. The highest BCUT2D eigenvalue weighted by molar-refractivity contribution is 7.10. The maximum atomic E-state index is 13.6. The number of thiazole rings is 1. The van der Waals surface area contributed by atoms with Crippen LogP contribution in [-0.4, -0.2) is 28.2 Å². The first kappa shape index (κ1) is 26.3. The van der Waals surface area contributed by atoms with E-state index in [0.29, 0.717) is 26.4 Å². The van der Waals surface area contributed by atoms with E-state index in [1.165, 1.54) is 28.7 Å². The lowest BCUT2D eigenvalue weighted by atomic mass is 10.0. The van der Waals surface area contributed by atoms with Crippen LogP contribution in [0.2, 0.25) is 0 Å². The van der Waals surface area contributed by atoms with Crippen LogP contribution in [0, 0.1) is 0 Å². The van der Waals surface area contributed by atoms with E-state index >= 15 is 0 Å². The Bertz CT molecular complexity index is 1750. The second-order valence-corrected chi connectivity index (χ2v) is 10.7. The maximum Gasteiger partial charge on any atom is 0.338 e. The summed E-state index contributed by atoms with van der Waals surface area (Å²) in [4.78, 5) is 43.6. The Labute approximate surface area is 231 Å². The summed E-state index contributed by atoms with van der Waals surface area (Å²) in [6, 6.07) is 17.1. The molecule has 8 nitrogen and oxygen atoms in total. The van der Waals surface area contributed by atoms with Gasteiger partial charge in [-0.25, -0.2) is 14.6 Å². The lowest BCUT2D eigenvalue weighted by Crippen LogP contribution is -2.39. The van der Waals surface area contributed by atoms with Crippen LogP contribution in [0.4, 0.5) is 0 Å². The van der Waals surface area contributed by atoms with Crippen LogP contribution in [0.15, 0.2) is 87.1 Å². The number of hydrogen-bond donors (Lipinski definition) is 1. The smallest absolute Gasteiger partial charge is 0.338 e. The Balaban J connectivity index is 1.43. The number of fused-ring (bicyclic) bond motifs is 1. The number of esters is 1. The Hall–Kier alpha value is -4.28. The molecule has 0 unspecified atom stereocenters. The molecule has 1 aliphatic heterocycles. The number of allylic oxidation sites excluding steroid dienone is 1. The average molecular weight is 561 g/mol. The normalized spacial score (nSPS) is 15.0. The van der Waals surface area contributed by atoms with E-state index in [1.807, 2.05) is 29.6 Å². The number of carbonyl (C=O) groups is 2. The molecule has 39 heavy (non-hydrogen) atoms. The van der Waals surface area contributed by atoms with Crippen molar-refractivity contribution in [2.24, 2.45) is 4.99 Å². The van der Waals surface area contributed by atoms with Gasteiger partial charge in [-0.15, -0.1) is 11.3 Å². The first-order valence-corrected chi connectivity index (χ1v) is 13.8. The first-order chi connectivity index (χ1) is 18.9. The molecule has 1 aliphatic rings. The molecule has 5 rings (SSSR count). The van der Waals surface area contributed by atoms with Gasteiger partial charge in [-0.1, -0.05) is 41.7 Å². The molecule has 3 heterocycles. The molecule has 198 valence electrons. The van der Waals surface area contributed by atoms with Gasteiger partial charge in [-0.3, -0.25) is 9.36 Å². The molecule has 0 amide bonds. The standard InChI is InChI=1S/C29H24N2O6S2/c1-3-36-28(35)24-17(2)30-29-31(25(24)22-8-5-13-38-22)26(32)23(39-29)15-18-9-11-21(12-10-18)37-16-19-6-4-7-20(14-19)27(33)34/h4-15,25H,3,16H2,1-2H3,(H,33,34)/b23-15-/t25-/m1/s1. The number of aromatic carboxylic acids is 1. The Morgan fingerprint density at radius 3 is 2.62 bits per heavy atom. The molecule has 4 aromatic rings. The zero-order chi connectivity index (χ0) is 27.5. The second-order valence-electron chi connectivity index (χ2n) is 8.68. The minimum absolute atomic E-state index is 0.207. The number of carboxylic acid groups (broad SMARTS) is 1. The van der Waals surface area contributed by atoms with Crippen molar-refractivity contribution in [3.8, 4) is 5.75 Å². The average Bonchev–Trinajstić information content (AvgIpc) is 3.56. The Morgan fingerprint density at radius 1 is 1.13 bits per heavy atom. The summed E-state index contributed by atoms with van der Waals surface area (Å²) < 4.78 is 13.2. The number of rotatable bonds is 8. The lowest BCUT2D eigenvalue weighted by molar-refractivity contribution is -0.139. The summed E-state index contributed by atoms with van der Waals surface area (Å²) in [5.41, 5.74) is 2.43. The highest BCUT2D eigenvalue weighted by atomic mass is 32.1. The van der Waals surface area contributed by atoms with Crippen LogP contribution in [0.5, 0.6) is 5.75 Å². The van der Waals surface area contributed by atoms with Crippen LogP contribution in [-0.2, 0) is 16.1 Å². The van der Waals surface area contributed by atoms with Gasteiger partial charge in [-0.2, -0.15) is 0 Å². The summed E-state index contributed by atoms with van der Waals surface area (Å²) in [5.74, 6) is -0.848. The molecule has 10 heteroatoms. The minimum Gasteiger partial charge on any atom is -0.489 e. The highest BCUT2D eigenvalue weighted by Gasteiger charge is 2.33. The molecule has 0 fully saturated rings. The lowest BCUT2D eigenvalue weighted by Gasteiger charge is -2.23. The molecule has 2 aromatic carbocycles. The zero-order valence-corrected chi connectivity index (χ0v) is 22.8. The minimum atomic E-state index is -0.986. The highest BCUT2D eigenvalue weighted by Crippen LogP contribution is 2.33. The fraction of sp³-hybridized carbons (Fsp3) is 0.172. The van der Waals surface area contributed by atoms with E-state index in [9.17, 15) is 14.4 Å². The van der Waals surface area contributed by atoms with Crippen molar-refractivity contribution in [2.75, 3.05) is 6.61 Å². The van der Waals surface area contributed by atoms with Crippen molar-refractivity contribution in [1.82, 2.24) is 4.57 Å². The molecule has 2 aromatic heterocycles. The summed E-state index contributed by atoms with van der Waals surface area (Å²) in [7, 11) is 0. The van der Waals surface area contributed by atoms with E-state index in [4.69, 9.17) is 14.6 Å². The molecule has 0 spiro atoms.